The molecule has 34 heavy (non-hydrogen) atoms. The van der Waals surface area contributed by atoms with Crippen LogP contribution in [0.4, 0.5) is 17.6 Å². The standard InChI is InChI=1S/C22H24F4N4O4/c1-12-11-33-17-9-14(18-27-19(34-28-18)22(24,25)26)8-16(23)15(17)10-30(12)20(32)21(3)4-6-29(7-5-21)13(2)31/h8-9,12H,4-7,10-11H2,1-3H3. The van der Waals surface area contributed by atoms with Crippen molar-refractivity contribution in [2.75, 3.05) is 19.7 Å². The molecule has 2 aliphatic heterocycles. The number of amides is 2. The van der Waals surface area contributed by atoms with Gasteiger partial charge < -0.3 is 19.1 Å². The van der Waals surface area contributed by atoms with E-state index >= 15 is 4.39 Å². The number of alkyl halides is 3. The summed E-state index contributed by atoms with van der Waals surface area (Å²) in [6, 6.07) is 1.96. The minimum absolute atomic E-state index is 0.0357. The molecular weight excluding hydrogens is 460 g/mol. The fourth-order valence-electron chi connectivity index (χ4n) is 4.25. The van der Waals surface area contributed by atoms with Gasteiger partial charge in [0.25, 0.3) is 0 Å². The second kappa shape index (κ2) is 8.55. The van der Waals surface area contributed by atoms with Gasteiger partial charge in [-0.3, -0.25) is 9.59 Å². The number of piperidine rings is 1. The molecular formula is C22H24F4N4O4. The van der Waals surface area contributed by atoms with Crippen LogP contribution >= 0.6 is 0 Å². The van der Waals surface area contributed by atoms with Crippen LogP contribution in [0.1, 0.15) is 45.1 Å². The molecule has 1 unspecified atom stereocenters. The largest absolute Gasteiger partial charge is 0.491 e. The molecule has 2 aliphatic rings. The van der Waals surface area contributed by atoms with E-state index in [2.05, 4.69) is 14.7 Å². The van der Waals surface area contributed by atoms with Crippen molar-refractivity contribution in [1.82, 2.24) is 19.9 Å². The van der Waals surface area contributed by atoms with Gasteiger partial charge in [0, 0.05) is 36.6 Å². The van der Waals surface area contributed by atoms with Gasteiger partial charge in [-0.25, -0.2) is 4.39 Å². The second-order valence-corrected chi connectivity index (χ2v) is 9.02. The summed E-state index contributed by atoms with van der Waals surface area (Å²) in [4.78, 5) is 31.7. The Morgan fingerprint density at radius 1 is 1.21 bits per heavy atom. The first-order chi connectivity index (χ1) is 15.9. The van der Waals surface area contributed by atoms with Crippen molar-refractivity contribution >= 4 is 11.8 Å². The average Bonchev–Trinajstić information content (AvgIpc) is 3.21. The smallest absolute Gasteiger partial charge is 0.471 e. The fourth-order valence-corrected chi connectivity index (χ4v) is 4.25. The summed E-state index contributed by atoms with van der Waals surface area (Å²) >= 11 is 0. The summed E-state index contributed by atoms with van der Waals surface area (Å²) < 4.78 is 63.4. The number of halogens is 4. The maximum atomic E-state index is 15.1. The predicted molar refractivity (Wildman–Crippen MR) is 110 cm³/mol. The fraction of sp³-hybridized carbons (Fsp3) is 0.545. The molecule has 184 valence electrons. The number of nitrogens with zero attached hydrogens (tertiary/aromatic N) is 4. The first-order valence-corrected chi connectivity index (χ1v) is 10.8. The zero-order valence-electron chi connectivity index (χ0n) is 18.9. The minimum Gasteiger partial charge on any atom is -0.491 e. The summed E-state index contributed by atoms with van der Waals surface area (Å²) in [5.74, 6) is -2.81. The lowest BCUT2D eigenvalue weighted by atomic mass is 9.78. The van der Waals surface area contributed by atoms with E-state index in [-0.39, 0.29) is 47.9 Å². The Kier molecular flexibility index (Phi) is 6.03. The van der Waals surface area contributed by atoms with E-state index in [1.165, 1.54) is 13.0 Å². The summed E-state index contributed by atoms with van der Waals surface area (Å²) in [6.45, 7) is 6.06. The highest BCUT2D eigenvalue weighted by Crippen LogP contribution is 2.38. The van der Waals surface area contributed by atoms with Gasteiger partial charge >= 0.3 is 12.1 Å². The Morgan fingerprint density at radius 3 is 2.47 bits per heavy atom. The van der Waals surface area contributed by atoms with Gasteiger partial charge in [0.15, 0.2) is 0 Å². The summed E-state index contributed by atoms with van der Waals surface area (Å²) in [6.07, 6.45) is -3.84. The maximum Gasteiger partial charge on any atom is 0.471 e. The van der Waals surface area contributed by atoms with Crippen molar-refractivity contribution in [3.8, 4) is 17.1 Å². The van der Waals surface area contributed by atoms with E-state index in [0.717, 1.165) is 6.07 Å². The van der Waals surface area contributed by atoms with Crippen LogP contribution in [0.2, 0.25) is 0 Å². The maximum absolute atomic E-state index is 15.1. The van der Waals surface area contributed by atoms with Crippen molar-refractivity contribution in [1.29, 1.82) is 0 Å². The molecule has 1 atom stereocenters. The van der Waals surface area contributed by atoms with Crippen LogP contribution < -0.4 is 4.74 Å². The summed E-state index contributed by atoms with van der Waals surface area (Å²) in [7, 11) is 0. The number of hydrogen-bond acceptors (Lipinski definition) is 6. The highest BCUT2D eigenvalue weighted by Gasteiger charge is 2.43. The zero-order valence-corrected chi connectivity index (χ0v) is 18.9. The van der Waals surface area contributed by atoms with Crippen LogP contribution in [0.25, 0.3) is 11.4 Å². The molecule has 1 aromatic heterocycles. The molecule has 0 aliphatic carbocycles. The number of carbonyl (C=O) groups excluding carboxylic acids is 2. The van der Waals surface area contributed by atoms with Crippen molar-refractivity contribution in [3.63, 3.8) is 0 Å². The lowest BCUT2D eigenvalue weighted by Gasteiger charge is -2.41. The first kappa shape index (κ1) is 24.0. The zero-order chi connectivity index (χ0) is 24.8. The van der Waals surface area contributed by atoms with Gasteiger partial charge in [0.05, 0.1) is 12.6 Å². The molecule has 12 heteroatoms. The Morgan fingerprint density at radius 2 is 1.88 bits per heavy atom. The minimum atomic E-state index is -4.82. The highest BCUT2D eigenvalue weighted by molar-refractivity contribution is 5.83. The van der Waals surface area contributed by atoms with Gasteiger partial charge in [-0.15, -0.1) is 0 Å². The average molecular weight is 484 g/mol. The number of fused-ring (bicyclic) bond motifs is 1. The second-order valence-electron chi connectivity index (χ2n) is 9.02. The molecule has 3 heterocycles. The summed E-state index contributed by atoms with van der Waals surface area (Å²) in [5.41, 5.74) is -0.628. The van der Waals surface area contributed by atoms with E-state index in [1.807, 2.05) is 6.92 Å². The highest BCUT2D eigenvalue weighted by atomic mass is 19.4. The Bertz CT molecular complexity index is 1110. The third-order valence-electron chi connectivity index (χ3n) is 6.51. The van der Waals surface area contributed by atoms with Crippen LogP contribution in [0, 0.1) is 11.2 Å². The Balaban J connectivity index is 1.59. The third-order valence-corrected chi connectivity index (χ3v) is 6.51. The van der Waals surface area contributed by atoms with Gasteiger partial charge in [0.2, 0.25) is 17.6 Å². The van der Waals surface area contributed by atoms with Gasteiger partial charge in [-0.1, -0.05) is 12.1 Å². The molecule has 0 spiro atoms. The molecule has 0 saturated carbocycles. The number of hydrogen-bond donors (Lipinski definition) is 0. The first-order valence-electron chi connectivity index (χ1n) is 10.8. The van der Waals surface area contributed by atoms with Crippen LogP contribution in [0.15, 0.2) is 16.7 Å². The predicted octanol–water partition coefficient (Wildman–Crippen LogP) is 3.65. The molecule has 2 amide bonds. The van der Waals surface area contributed by atoms with Crippen LogP contribution in [0.5, 0.6) is 5.75 Å². The number of carbonyl (C=O) groups is 2. The number of aromatic nitrogens is 2. The molecule has 4 rings (SSSR count). The normalized spacial score (nSPS) is 20.4. The van der Waals surface area contributed by atoms with Crippen molar-refractivity contribution in [2.45, 2.75) is 52.4 Å². The molecule has 2 aromatic rings. The van der Waals surface area contributed by atoms with Gasteiger partial charge in [0.1, 0.15) is 18.2 Å². The number of likely N-dealkylation sites (tertiary alicyclic amines) is 1. The van der Waals surface area contributed by atoms with Crippen molar-refractivity contribution in [3.05, 3.63) is 29.4 Å². The van der Waals surface area contributed by atoms with E-state index in [4.69, 9.17) is 4.74 Å². The number of benzene rings is 1. The molecule has 8 nitrogen and oxygen atoms in total. The Hall–Kier alpha value is -3.18. The van der Waals surface area contributed by atoms with Gasteiger partial charge in [-0.05, 0) is 31.9 Å². The molecule has 1 aromatic carbocycles. The number of rotatable bonds is 2. The number of ether oxygens (including phenoxy) is 1. The monoisotopic (exact) mass is 484 g/mol. The lowest BCUT2D eigenvalue weighted by Crippen LogP contribution is -2.52. The van der Waals surface area contributed by atoms with Crippen LogP contribution in [0.3, 0.4) is 0 Å². The molecule has 0 radical (unpaired) electrons. The van der Waals surface area contributed by atoms with Crippen molar-refractivity contribution in [2.24, 2.45) is 5.41 Å². The Labute approximate surface area is 192 Å². The van der Waals surface area contributed by atoms with E-state index in [9.17, 15) is 22.8 Å². The molecule has 0 N–H and O–H groups in total. The SMILES string of the molecule is CC(=O)N1CCC(C)(C(=O)N2Cc3c(F)cc(-c4noc(C(F)(F)F)n4)cc3OCC2C)CC1. The topological polar surface area (TPSA) is 88.8 Å². The third kappa shape index (κ3) is 4.45. The molecule has 1 fully saturated rings. The van der Waals surface area contributed by atoms with E-state index < -0.39 is 29.1 Å². The summed E-state index contributed by atoms with van der Waals surface area (Å²) in [5, 5.41) is 3.29. The van der Waals surface area contributed by atoms with E-state index in [1.54, 1.807) is 16.7 Å². The van der Waals surface area contributed by atoms with Crippen LogP contribution in [-0.2, 0) is 22.3 Å². The van der Waals surface area contributed by atoms with Crippen molar-refractivity contribution < 1.29 is 36.4 Å². The van der Waals surface area contributed by atoms with Gasteiger partial charge in [-0.2, -0.15) is 18.2 Å². The lowest BCUT2D eigenvalue weighted by molar-refractivity contribution is -0.159. The van der Waals surface area contributed by atoms with Crippen LogP contribution in [-0.4, -0.2) is 57.5 Å². The molecule has 0 bridgehead atoms. The van der Waals surface area contributed by atoms with E-state index in [0.29, 0.717) is 25.9 Å². The quantitative estimate of drug-likeness (QED) is 0.605. The molecule has 1 saturated heterocycles.